The van der Waals surface area contributed by atoms with Gasteiger partial charge in [0, 0.05) is 11.1 Å². The lowest BCUT2D eigenvalue weighted by Crippen LogP contribution is -2.05. The molecule has 19 heavy (non-hydrogen) atoms. The molecule has 0 radical (unpaired) electrons. The molecule has 0 aliphatic carbocycles. The summed E-state index contributed by atoms with van der Waals surface area (Å²) >= 11 is 5.60. The largest absolute Gasteiger partial charge is 0.416 e. The van der Waals surface area contributed by atoms with Crippen LogP contribution in [0.25, 0.3) is 11.3 Å². The van der Waals surface area contributed by atoms with Gasteiger partial charge in [0.05, 0.1) is 11.3 Å². The van der Waals surface area contributed by atoms with Gasteiger partial charge in [-0.15, -0.1) is 0 Å². The predicted octanol–water partition coefficient (Wildman–Crippen LogP) is 4.23. The number of nitrogens with zero attached hydrogens (tertiary/aromatic N) is 1. The van der Waals surface area contributed by atoms with Crippen molar-refractivity contribution >= 4 is 17.9 Å². The highest BCUT2D eigenvalue weighted by Crippen LogP contribution is 2.33. The van der Waals surface area contributed by atoms with E-state index in [0.29, 0.717) is 17.4 Å². The fourth-order valence-electron chi connectivity index (χ4n) is 1.54. The lowest BCUT2D eigenvalue weighted by atomic mass is 10.1. The molecule has 2 nitrogen and oxygen atoms in total. The van der Waals surface area contributed by atoms with E-state index in [1.54, 1.807) is 0 Å². The first-order valence-corrected chi connectivity index (χ1v) is 5.58. The third kappa shape index (κ3) is 3.12. The quantitative estimate of drug-likeness (QED) is 0.610. The highest BCUT2D eigenvalue weighted by atomic mass is 35.5. The Kier molecular flexibility index (Phi) is 3.57. The summed E-state index contributed by atoms with van der Waals surface area (Å²) in [6.07, 6.45) is -3.83. The van der Waals surface area contributed by atoms with Crippen LogP contribution < -0.4 is 0 Å². The molecule has 6 heteroatoms. The summed E-state index contributed by atoms with van der Waals surface area (Å²) in [7, 11) is 0. The first-order chi connectivity index (χ1) is 8.90. The second-order valence-corrected chi connectivity index (χ2v) is 4.19. The van der Waals surface area contributed by atoms with Gasteiger partial charge in [0.2, 0.25) is 0 Å². The minimum absolute atomic E-state index is 0.109. The molecule has 1 aromatic heterocycles. The van der Waals surface area contributed by atoms with Crippen LogP contribution in [0.1, 0.15) is 15.9 Å². The topological polar surface area (TPSA) is 30.0 Å². The van der Waals surface area contributed by atoms with E-state index < -0.39 is 11.7 Å². The first kappa shape index (κ1) is 13.5. The third-order valence-electron chi connectivity index (χ3n) is 2.46. The normalized spacial score (nSPS) is 11.4. The van der Waals surface area contributed by atoms with E-state index in [-0.39, 0.29) is 10.8 Å². The summed E-state index contributed by atoms with van der Waals surface area (Å²) in [4.78, 5) is 14.4. The molecule has 2 aromatic rings. The predicted molar refractivity (Wildman–Crippen MR) is 65.1 cm³/mol. The summed E-state index contributed by atoms with van der Waals surface area (Å²) in [5, 5.41) is -0.232. The molecule has 1 heterocycles. The lowest BCUT2D eigenvalue weighted by Gasteiger charge is -2.09. The molecule has 0 saturated heterocycles. The molecule has 0 bridgehead atoms. The van der Waals surface area contributed by atoms with Crippen molar-refractivity contribution in [2.75, 3.05) is 0 Å². The summed E-state index contributed by atoms with van der Waals surface area (Å²) in [6, 6.07) is 7.72. The van der Waals surface area contributed by atoms with Crippen molar-refractivity contribution in [2.45, 2.75) is 6.18 Å². The maximum absolute atomic E-state index is 12.6. The third-order valence-corrected chi connectivity index (χ3v) is 2.66. The Hall–Kier alpha value is -1.88. The van der Waals surface area contributed by atoms with Gasteiger partial charge in [-0.2, -0.15) is 13.2 Å². The Labute approximate surface area is 111 Å². The van der Waals surface area contributed by atoms with Crippen LogP contribution >= 0.6 is 11.6 Å². The molecule has 0 amide bonds. The number of aldehydes is 1. The van der Waals surface area contributed by atoms with E-state index in [4.69, 9.17) is 11.6 Å². The highest BCUT2D eigenvalue weighted by Gasteiger charge is 2.31. The number of hydrogen-bond acceptors (Lipinski definition) is 2. The molecule has 0 spiro atoms. The molecule has 2 rings (SSSR count). The molecule has 0 N–H and O–H groups in total. The number of aromatic nitrogens is 1. The molecule has 98 valence electrons. The number of carbonyl (C=O) groups is 1. The number of pyridine rings is 1. The summed E-state index contributed by atoms with van der Waals surface area (Å²) in [5.41, 5.74) is 0.139. The molecular weight excluding hydrogens is 279 g/mol. The lowest BCUT2D eigenvalue weighted by molar-refractivity contribution is -0.137. The molecule has 1 aromatic carbocycles. The van der Waals surface area contributed by atoms with E-state index in [1.165, 1.54) is 24.3 Å². The van der Waals surface area contributed by atoms with Crippen molar-refractivity contribution in [3.8, 4) is 11.3 Å². The molecule has 0 saturated carbocycles. The Bertz CT molecular complexity index is 608. The summed E-state index contributed by atoms with van der Waals surface area (Å²) in [6.45, 7) is 0. The minimum atomic E-state index is -4.48. The van der Waals surface area contributed by atoms with Crippen molar-refractivity contribution in [3.63, 3.8) is 0 Å². The van der Waals surface area contributed by atoms with Crippen LogP contribution in [0, 0.1) is 0 Å². The van der Waals surface area contributed by atoms with Crippen LogP contribution in [0.4, 0.5) is 13.2 Å². The SMILES string of the molecule is O=Cc1ccc(-c2cc(C(F)(F)F)cc(Cl)n2)cc1. The van der Waals surface area contributed by atoms with Gasteiger partial charge >= 0.3 is 6.18 Å². The van der Waals surface area contributed by atoms with Gasteiger partial charge in [-0.05, 0) is 12.1 Å². The Balaban J connectivity index is 2.49. The highest BCUT2D eigenvalue weighted by molar-refractivity contribution is 6.29. The number of alkyl halides is 3. The van der Waals surface area contributed by atoms with Gasteiger partial charge in [0.15, 0.2) is 0 Å². The minimum Gasteiger partial charge on any atom is -0.298 e. The van der Waals surface area contributed by atoms with Crippen molar-refractivity contribution < 1.29 is 18.0 Å². The number of benzene rings is 1. The van der Waals surface area contributed by atoms with Crippen LogP contribution in [-0.2, 0) is 6.18 Å². The number of hydrogen-bond donors (Lipinski definition) is 0. The standard InChI is InChI=1S/C13H7ClF3NO/c14-12-6-10(13(15,16)17)5-11(18-12)9-3-1-8(7-19)2-4-9/h1-7H. The second-order valence-electron chi connectivity index (χ2n) is 3.80. The number of carbonyl (C=O) groups excluding carboxylic acids is 1. The average Bonchev–Trinajstić information content (AvgIpc) is 2.37. The van der Waals surface area contributed by atoms with Crippen molar-refractivity contribution in [3.05, 3.63) is 52.7 Å². The van der Waals surface area contributed by atoms with E-state index in [1.807, 2.05) is 0 Å². The summed E-state index contributed by atoms with van der Waals surface area (Å²) in [5.74, 6) is 0. The van der Waals surface area contributed by atoms with E-state index in [9.17, 15) is 18.0 Å². The van der Waals surface area contributed by atoms with Crippen LogP contribution in [0.2, 0.25) is 5.15 Å². The Morgan fingerprint density at radius 1 is 1.11 bits per heavy atom. The smallest absolute Gasteiger partial charge is 0.298 e. The van der Waals surface area contributed by atoms with Crippen molar-refractivity contribution in [1.82, 2.24) is 4.98 Å². The molecule has 0 fully saturated rings. The van der Waals surface area contributed by atoms with Gasteiger partial charge < -0.3 is 0 Å². The molecule has 0 aliphatic rings. The maximum Gasteiger partial charge on any atom is 0.416 e. The Morgan fingerprint density at radius 2 is 1.74 bits per heavy atom. The molecule has 0 aliphatic heterocycles. The van der Waals surface area contributed by atoms with Crippen LogP contribution in [0.3, 0.4) is 0 Å². The van der Waals surface area contributed by atoms with Gasteiger partial charge in [-0.3, -0.25) is 4.79 Å². The van der Waals surface area contributed by atoms with Crippen LogP contribution in [-0.4, -0.2) is 11.3 Å². The fourth-order valence-corrected chi connectivity index (χ4v) is 1.75. The first-order valence-electron chi connectivity index (χ1n) is 5.20. The Morgan fingerprint density at radius 3 is 2.26 bits per heavy atom. The molecule has 0 unspecified atom stereocenters. The summed E-state index contributed by atoms with van der Waals surface area (Å²) < 4.78 is 37.9. The van der Waals surface area contributed by atoms with Crippen molar-refractivity contribution in [1.29, 1.82) is 0 Å². The zero-order valence-electron chi connectivity index (χ0n) is 9.41. The van der Waals surface area contributed by atoms with Gasteiger partial charge in [-0.25, -0.2) is 4.98 Å². The maximum atomic E-state index is 12.6. The van der Waals surface area contributed by atoms with Gasteiger partial charge in [0.1, 0.15) is 11.4 Å². The fraction of sp³-hybridized carbons (Fsp3) is 0.0769. The van der Waals surface area contributed by atoms with E-state index in [0.717, 1.165) is 12.1 Å². The van der Waals surface area contributed by atoms with Crippen LogP contribution in [0.5, 0.6) is 0 Å². The zero-order valence-corrected chi connectivity index (χ0v) is 10.2. The van der Waals surface area contributed by atoms with E-state index >= 15 is 0 Å². The van der Waals surface area contributed by atoms with Gasteiger partial charge in [0.25, 0.3) is 0 Å². The average molecular weight is 286 g/mol. The molecule has 0 atom stereocenters. The number of halogens is 4. The van der Waals surface area contributed by atoms with Crippen LogP contribution in [0.15, 0.2) is 36.4 Å². The number of rotatable bonds is 2. The second kappa shape index (κ2) is 5.01. The van der Waals surface area contributed by atoms with E-state index in [2.05, 4.69) is 4.98 Å². The monoisotopic (exact) mass is 285 g/mol. The van der Waals surface area contributed by atoms with Crippen molar-refractivity contribution in [2.24, 2.45) is 0 Å². The zero-order chi connectivity index (χ0) is 14.0. The van der Waals surface area contributed by atoms with Gasteiger partial charge in [-0.1, -0.05) is 35.9 Å². The molecular formula is C13H7ClF3NO.